The maximum atomic E-state index is 12.8. The fourth-order valence-corrected chi connectivity index (χ4v) is 1.79. The zero-order chi connectivity index (χ0) is 14.5. The summed E-state index contributed by atoms with van der Waals surface area (Å²) in [6.07, 6.45) is -5.03. The maximum absolute atomic E-state index is 12.8. The van der Waals surface area contributed by atoms with Crippen LogP contribution in [0.5, 0.6) is 0 Å². The Morgan fingerprint density at radius 2 is 1.89 bits per heavy atom. The lowest BCUT2D eigenvalue weighted by Gasteiger charge is -2.28. The van der Waals surface area contributed by atoms with Gasteiger partial charge in [0.15, 0.2) is 0 Å². The van der Waals surface area contributed by atoms with Crippen LogP contribution in [0.2, 0.25) is 0 Å². The second kappa shape index (κ2) is 6.56. The number of rotatable bonds is 6. The largest absolute Gasteiger partial charge is 0.481 e. The van der Waals surface area contributed by atoms with Crippen molar-refractivity contribution in [3.8, 4) is 0 Å². The van der Waals surface area contributed by atoms with E-state index in [1.54, 1.807) is 0 Å². The average molecular weight is 275 g/mol. The van der Waals surface area contributed by atoms with Crippen LogP contribution in [0.4, 0.5) is 13.2 Å². The van der Waals surface area contributed by atoms with E-state index < -0.39 is 24.6 Å². The zero-order valence-electron chi connectivity index (χ0n) is 10.5. The minimum Gasteiger partial charge on any atom is -0.481 e. The summed E-state index contributed by atoms with van der Waals surface area (Å²) in [5.41, 5.74) is 0.922. The van der Waals surface area contributed by atoms with Crippen molar-refractivity contribution in [2.45, 2.75) is 25.1 Å². The summed E-state index contributed by atoms with van der Waals surface area (Å²) >= 11 is 0. The molecule has 1 N–H and O–H groups in total. The molecular formula is C13H16F3NO2. The van der Waals surface area contributed by atoms with Crippen LogP contribution in [-0.2, 0) is 11.2 Å². The summed E-state index contributed by atoms with van der Waals surface area (Å²) < 4.78 is 38.3. The van der Waals surface area contributed by atoms with E-state index in [9.17, 15) is 18.0 Å². The van der Waals surface area contributed by atoms with Gasteiger partial charge in [0.2, 0.25) is 0 Å². The standard InChI is InChI=1S/C13H16F3NO2/c1-17(8-7-10-5-3-2-4-6-10)11(9-12(18)19)13(14,15)16/h2-6,11H,7-9H2,1H3,(H,18,19). The first kappa shape index (κ1) is 15.5. The number of nitrogens with zero attached hydrogens (tertiary/aromatic N) is 1. The lowest BCUT2D eigenvalue weighted by molar-refractivity contribution is -0.187. The molecule has 0 aromatic heterocycles. The molecule has 0 bridgehead atoms. The number of halogens is 3. The summed E-state index contributed by atoms with van der Waals surface area (Å²) in [7, 11) is 1.30. The molecule has 1 aromatic rings. The summed E-state index contributed by atoms with van der Waals surface area (Å²) in [6, 6.07) is 7.16. The first-order chi connectivity index (χ1) is 8.80. The molecule has 0 amide bonds. The topological polar surface area (TPSA) is 40.5 Å². The van der Waals surface area contributed by atoms with Gasteiger partial charge in [0.25, 0.3) is 0 Å². The zero-order valence-corrected chi connectivity index (χ0v) is 10.5. The van der Waals surface area contributed by atoms with Gasteiger partial charge in [-0.05, 0) is 19.0 Å². The Hall–Kier alpha value is -1.56. The second-order valence-corrected chi connectivity index (χ2v) is 4.37. The Kier molecular flexibility index (Phi) is 5.35. The predicted molar refractivity (Wildman–Crippen MR) is 64.9 cm³/mol. The van der Waals surface area contributed by atoms with Crippen LogP contribution < -0.4 is 0 Å². The highest BCUT2D eigenvalue weighted by Gasteiger charge is 2.43. The highest BCUT2D eigenvalue weighted by molar-refractivity contribution is 5.67. The summed E-state index contributed by atoms with van der Waals surface area (Å²) in [5.74, 6) is -1.45. The number of hydrogen-bond acceptors (Lipinski definition) is 2. The van der Waals surface area contributed by atoms with Crippen LogP contribution in [0.15, 0.2) is 30.3 Å². The van der Waals surface area contributed by atoms with Crippen LogP contribution in [0, 0.1) is 0 Å². The fourth-order valence-electron chi connectivity index (χ4n) is 1.79. The van der Waals surface area contributed by atoms with Crippen molar-refractivity contribution in [2.24, 2.45) is 0 Å². The van der Waals surface area contributed by atoms with Gasteiger partial charge >= 0.3 is 12.1 Å². The van der Waals surface area contributed by atoms with Gasteiger partial charge in [-0.3, -0.25) is 9.69 Å². The summed E-state index contributed by atoms with van der Waals surface area (Å²) in [4.78, 5) is 11.6. The van der Waals surface area contributed by atoms with Gasteiger partial charge in [0, 0.05) is 6.54 Å². The third kappa shape index (κ3) is 5.30. The van der Waals surface area contributed by atoms with Crippen LogP contribution in [0.3, 0.4) is 0 Å². The molecule has 0 saturated carbocycles. The molecule has 0 aliphatic heterocycles. The van der Waals surface area contributed by atoms with Crippen molar-refractivity contribution in [1.82, 2.24) is 4.90 Å². The molecule has 1 atom stereocenters. The van der Waals surface area contributed by atoms with E-state index in [0.29, 0.717) is 6.42 Å². The fraction of sp³-hybridized carbons (Fsp3) is 0.462. The molecule has 0 aliphatic rings. The Morgan fingerprint density at radius 1 is 1.32 bits per heavy atom. The van der Waals surface area contributed by atoms with Crippen molar-refractivity contribution in [3.63, 3.8) is 0 Å². The van der Waals surface area contributed by atoms with Gasteiger partial charge in [0.05, 0.1) is 6.42 Å². The number of likely N-dealkylation sites (N-methyl/N-ethyl adjacent to an activating group) is 1. The smallest absolute Gasteiger partial charge is 0.404 e. The third-order valence-electron chi connectivity index (χ3n) is 2.87. The Morgan fingerprint density at radius 3 is 2.37 bits per heavy atom. The number of aliphatic carboxylic acids is 1. The Balaban J connectivity index is 2.62. The third-order valence-corrected chi connectivity index (χ3v) is 2.87. The monoisotopic (exact) mass is 275 g/mol. The number of carboxylic acid groups (broad SMARTS) is 1. The molecule has 3 nitrogen and oxygen atoms in total. The highest BCUT2D eigenvalue weighted by Crippen LogP contribution is 2.26. The molecule has 0 saturated heterocycles. The van der Waals surface area contributed by atoms with Gasteiger partial charge in [0.1, 0.15) is 6.04 Å². The minimum atomic E-state index is -4.54. The lowest BCUT2D eigenvalue weighted by atomic mass is 10.1. The molecule has 0 radical (unpaired) electrons. The summed E-state index contributed by atoms with van der Waals surface area (Å²) in [6.45, 7) is 0.154. The molecule has 0 spiro atoms. The van der Waals surface area contributed by atoms with E-state index >= 15 is 0 Å². The van der Waals surface area contributed by atoms with E-state index in [4.69, 9.17) is 5.11 Å². The van der Waals surface area contributed by atoms with Gasteiger partial charge in [-0.15, -0.1) is 0 Å². The van der Waals surface area contributed by atoms with Gasteiger partial charge in [-0.1, -0.05) is 30.3 Å². The van der Waals surface area contributed by atoms with Crippen molar-refractivity contribution in [2.75, 3.05) is 13.6 Å². The molecular weight excluding hydrogens is 259 g/mol. The lowest BCUT2D eigenvalue weighted by Crippen LogP contribution is -2.45. The molecule has 1 unspecified atom stereocenters. The molecule has 1 rings (SSSR count). The molecule has 0 heterocycles. The van der Waals surface area contributed by atoms with Gasteiger partial charge < -0.3 is 5.11 Å². The van der Waals surface area contributed by atoms with E-state index in [-0.39, 0.29) is 6.54 Å². The summed E-state index contributed by atoms with van der Waals surface area (Å²) in [5, 5.41) is 8.55. The van der Waals surface area contributed by atoms with Crippen LogP contribution >= 0.6 is 0 Å². The van der Waals surface area contributed by atoms with E-state index in [1.807, 2.05) is 30.3 Å². The predicted octanol–water partition coefficient (Wildman–Crippen LogP) is 2.57. The Labute approximate surface area is 109 Å². The maximum Gasteiger partial charge on any atom is 0.404 e. The van der Waals surface area contributed by atoms with E-state index in [2.05, 4.69) is 0 Å². The average Bonchev–Trinajstić information content (AvgIpc) is 2.33. The van der Waals surface area contributed by atoms with Crippen molar-refractivity contribution in [1.29, 1.82) is 0 Å². The highest BCUT2D eigenvalue weighted by atomic mass is 19.4. The minimum absolute atomic E-state index is 0.154. The van der Waals surface area contributed by atoms with E-state index in [1.165, 1.54) is 7.05 Å². The first-order valence-electron chi connectivity index (χ1n) is 5.83. The molecule has 1 aromatic carbocycles. The molecule has 106 valence electrons. The van der Waals surface area contributed by atoms with Crippen LogP contribution in [0.25, 0.3) is 0 Å². The number of alkyl halides is 3. The van der Waals surface area contributed by atoms with E-state index in [0.717, 1.165) is 10.5 Å². The normalized spacial score (nSPS) is 13.5. The van der Waals surface area contributed by atoms with Gasteiger partial charge in [-0.25, -0.2) is 0 Å². The molecule has 6 heteroatoms. The van der Waals surface area contributed by atoms with Gasteiger partial charge in [-0.2, -0.15) is 13.2 Å². The van der Waals surface area contributed by atoms with Crippen LogP contribution in [0.1, 0.15) is 12.0 Å². The van der Waals surface area contributed by atoms with Crippen LogP contribution in [-0.4, -0.2) is 41.8 Å². The first-order valence-corrected chi connectivity index (χ1v) is 5.83. The number of benzene rings is 1. The number of carboxylic acids is 1. The number of carbonyl (C=O) groups is 1. The quantitative estimate of drug-likeness (QED) is 0.867. The van der Waals surface area contributed by atoms with Crippen molar-refractivity contribution < 1.29 is 23.1 Å². The molecule has 19 heavy (non-hydrogen) atoms. The molecule has 0 fully saturated rings. The van der Waals surface area contributed by atoms with Crippen molar-refractivity contribution in [3.05, 3.63) is 35.9 Å². The second-order valence-electron chi connectivity index (χ2n) is 4.37. The number of hydrogen-bond donors (Lipinski definition) is 1. The molecule has 0 aliphatic carbocycles. The SMILES string of the molecule is CN(CCc1ccccc1)C(CC(=O)O)C(F)(F)F. The Bertz CT molecular complexity index is 406. The van der Waals surface area contributed by atoms with Crippen molar-refractivity contribution >= 4 is 5.97 Å².